The highest BCUT2D eigenvalue weighted by Gasteiger charge is 2.21. The third kappa shape index (κ3) is 4.05. The van der Waals surface area contributed by atoms with Gasteiger partial charge in [-0.05, 0) is 18.4 Å². The van der Waals surface area contributed by atoms with Crippen LogP contribution in [0.5, 0.6) is 0 Å². The van der Waals surface area contributed by atoms with Crippen molar-refractivity contribution in [1.29, 1.82) is 0 Å². The van der Waals surface area contributed by atoms with Crippen LogP contribution in [0.4, 0.5) is 5.82 Å². The molecule has 4 aromatic rings. The summed E-state index contributed by atoms with van der Waals surface area (Å²) in [6.07, 6.45) is 2.23. The SMILES string of the molecule is c1ccc(CN2CCC(Nc3nnc(-c4ccccc4)c4ccccc34)CC2)cc1. The predicted octanol–water partition coefficient (Wildman–Crippen LogP) is 5.37. The Kier molecular flexibility index (Phi) is 5.40. The lowest BCUT2D eigenvalue weighted by molar-refractivity contribution is 0.211. The van der Waals surface area contributed by atoms with Crippen molar-refractivity contribution in [3.63, 3.8) is 0 Å². The van der Waals surface area contributed by atoms with Crippen molar-refractivity contribution in [3.8, 4) is 11.3 Å². The molecule has 5 rings (SSSR count). The molecule has 4 nitrogen and oxygen atoms in total. The van der Waals surface area contributed by atoms with Crippen LogP contribution in [0, 0.1) is 0 Å². The molecule has 4 heteroatoms. The highest BCUT2D eigenvalue weighted by atomic mass is 15.2. The molecule has 0 amide bonds. The highest BCUT2D eigenvalue weighted by molar-refractivity contribution is 6.00. The molecular weight excluding hydrogens is 368 g/mol. The van der Waals surface area contributed by atoms with Crippen molar-refractivity contribution in [2.24, 2.45) is 0 Å². The third-order valence-corrected chi connectivity index (χ3v) is 5.91. The maximum atomic E-state index is 4.59. The van der Waals surface area contributed by atoms with Gasteiger partial charge in [-0.15, -0.1) is 10.2 Å². The fourth-order valence-electron chi connectivity index (χ4n) is 4.29. The number of piperidine rings is 1. The van der Waals surface area contributed by atoms with E-state index in [2.05, 4.69) is 87.1 Å². The molecular formula is C26H26N4. The number of fused-ring (bicyclic) bond motifs is 1. The van der Waals surface area contributed by atoms with Gasteiger partial charge in [0.2, 0.25) is 0 Å². The van der Waals surface area contributed by atoms with E-state index < -0.39 is 0 Å². The number of nitrogens with one attached hydrogen (secondary N) is 1. The number of hydrogen-bond acceptors (Lipinski definition) is 4. The van der Waals surface area contributed by atoms with Crippen LogP contribution in [0.3, 0.4) is 0 Å². The van der Waals surface area contributed by atoms with Crippen LogP contribution in [0.25, 0.3) is 22.0 Å². The Morgan fingerprint density at radius 1 is 0.733 bits per heavy atom. The highest BCUT2D eigenvalue weighted by Crippen LogP contribution is 2.30. The zero-order valence-corrected chi connectivity index (χ0v) is 17.0. The topological polar surface area (TPSA) is 41.0 Å². The summed E-state index contributed by atoms with van der Waals surface area (Å²) in [6, 6.07) is 29.9. The van der Waals surface area contributed by atoms with Gasteiger partial charge in [-0.2, -0.15) is 0 Å². The Balaban J connectivity index is 1.31. The summed E-state index contributed by atoms with van der Waals surface area (Å²) in [5.41, 5.74) is 3.42. The van der Waals surface area contributed by atoms with Crippen LogP contribution < -0.4 is 5.32 Å². The second-order valence-electron chi connectivity index (χ2n) is 7.99. The van der Waals surface area contributed by atoms with E-state index in [1.165, 1.54) is 5.56 Å². The molecule has 150 valence electrons. The lowest BCUT2D eigenvalue weighted by Gasteiger charge is -2.32. The summed E-state index contributed by atoms with van der Waals surface area (Å²) >= 11 is 0. The van der Waals surface area contributed by atoms with E-state index in [4.69, 9.17) is 0 Å². The number of nitrogens with zero attached hydrogens (tertiary/aromatic N) is 3. The molecule has 0 unspecified atom stereocenters. The minimum Gasteiger partial charge on any atom is -0.365 e. The van der Waals surface area contributed by atoms with Crippen molar-refractivity contribution < 1.29 is 0 Å². The van der Waals surface area contributed by atoms with Gasteiger partial charge in [0, 0.05) is 42.0 Å². The predicted molar refractivity (Wildman–Crippen MR) is 123 cm³/mol. The van der Waals surface area contributed by atoms with E-state index >= 15 is 0 Å². The van der Waals surface area contributed by atoms with Crippen LogP contribution in [-0.2, 0) is 6.54 Å². The summed E-state index contributed by atoms with van der Waals surface area (Å²) < 4.78 is 0. The molecule has 0 bridgehead atoms. The normalized spacial score (nSPS) is 15.3. The largest absolute Gasteiger partial charge is 0.365 e. The molecule has 1 N–H and O–H groups in total. The lowest BCUT2D eigenvalue weighted by atomic mass is 10.0. The number of hydrogen-bond donors (Lipinski definition) is 1. The van der Waals surface area contributed by atoms with Crippen LogP contribution >= 0.6 is 0 Å². The van der Waals surface area contributed by atoms with Crippen molar-refractivity contribution in [2.75, 3.05) is 18.4 Å². The fourth-order valence-corrected chi connectivity index (χ4v) is 4.29. The summed E-state index contributed by atoms with van der Waals surface area (Å²) in [7, 11) is 0. The van der Waals surface area contributed by atoms with Gasteiger partial charge >= 0.3 is 0 Å². The van der Waals surface area contributed by atoms with Gasteiger partial charge in [-0.1, -0.05) is 84.9 Å². The molecule has 0 spiro atoms. The van der Waals surface area contributed by atoms with Crippen molar-refractivity contribution in [3.05, 3.63) is 90.5 Å². The fraction of sp³-hybridized carbons (Fsp3) is 0.231. The minimum absolute atomic E-state index is 0.428. The number of aromatic nitrogens is 2. The van der Waals surface area contributed by atoms with E-state index in [0.717, 1.165) is 60.3 Å². The van der Waals surface area contributed by atoms with E-state index in [0.29, 0.717) is 6.04 Å². The van der Waals surface area contributed by atoms with Gasteiger partial charge in [0.15, 0.2) is 5.82 Å². The van der Waals surface area contributed by atoms with Crippen LogP contribution in [0.1, 0.15) is 18.4 Å². The lowest BCUT2D eigenvalue weighted by Crippen LogP contribution is -2.38. The molecule has 1 aromatic heterocycles. The van der Waals surface area contributed by atoms with Crippen LogP contribution in [-0.4, -0.2) is 34.2 Å². The molecule has 30 heavy (non-hydrogen) atoms. The number of rotatable bonds is 5. The van der Waals surface area contributed by atoms with Gasteiger partial charge in [0.1, 0.15) is 5.69 Å². The van der Waals surface area contributed by atoms with Crippen LogP contribution in [0.15, 0.2) is 84.9 Å². The first-order chi connectivity index (χ1) is 14.9. The average Bonchev–Trinajstić information content (AvgIpc) is 2.82. The molecule has 2 heterocycles. The summed E-state index contributed by atoms with van der Waals surface area (Å²) in [4.78, 5) is 2.54. The van der Waals surface area contributed by atoms with E-state index in [9.17, 15) is 0 Å². The van der Waals surface area contributed by atoms with E-state index in [1.54, 1.807) is 0 Å². The Bertz CT molecular complexity index is 1100. The number of benzene rings is 3. The monoisotopic (exact) mass is 394 g/mol. The number of anilines is 1. The summed E-state index contributed by atoms with van der Waals surface area (Å²) in [6.45, 7) is 3.22. The summed E-state index contributed by atoms with van der Waals surface area (Å²) in [5, 5.41) is 15.1. The van der Waals surface area contributed by atoms with Crippen molar-refractivity contribution >= 4 is 16.6 Å². The maximum absolute atomic E-state index is 4.59. The molecule has 3 aromatic carbocycles. The molecule has 0 radical (unpaired) electrons. The smallest absolute Gasteiger partial charge is 0.156 e. The Morgan fingerprint density at radius 3 is 2.10 bits per heavy atom. The van der Waals surface area contributed by atoms with E-state index in [1.807, 2.05) is 18.2 Å². The molecule has 0 atom stereocenters. The molecule has 1 saturated heterocycles. The molecule has 0 aliphatic carbocycles. The Labute approximate surface area is 177 Å². The molecule has 1 aliphatic heterocycles. The first-order valence-corrected chi connectivity index (χ1v) is 10.7. The van der Waals surface area contributed by atoms with Gasteiger partial charge in [-0.25, -0.2) is 0 Å². The van der Waals surface area contributed by atoms with Gasteiger partial charge < -0.3 is 5.32 Å². The van der Waals surface area contributed by atoms with E-state index in [-0.39, 0.29) is 0 Å². The second kappa shape index (κ2) is 8.64. The number of likely N-dealkylation sites (tertiary alicyclic amines) is 1. The maximum Gasteiger partial charge on any atom is 0.156 e. The zero-order valence-electron chi connectivity index (χ0n) is 17.0. The summed E-state index contributed by atoms with van der Waals surface area (Å²) in [5.74, 6) is 0.895. The Morgan fingerprint density at radius 2 is 1.37 bits per heavy atom. The van der Waals surface area contributed by atoms with Crippen LogP contribution in [0.2, 0.25) is 0 Å². The second-order valence-corrected chi connectivity index (χ2v) is 7.99. The molecule has 0 saturated carbocycles. The molecule has 1 fully saturated rings. The third-order valence-electron chi connectivity index (χ3n) is 5.91. The van der Waals surface area contributed by atoms with Gasteiger partial charge in [0.05, 0.1) is 0 Å². The van der Waals surface area contributed by atoms with Crippen molar-refractivity contribution in [2.45, 2.75) is 25.4 Å². The first kappa shape index (κ1) is 18.8. The first-order valence-electron chi connectivity index (χ1n) is 10.7. The quantitative estimate of drug-likeness (QED) is 0.494. The molecule has 1 aliphatic rings. The van der Waals surface area contributed by atoms with Crippen molar-refractivity contribution in [1.82, 2.24) is 15.1 Å². The minimum atomic E-state index is 0.428. The zero-order chi connectivity index (χ0) is 20.2. The average molecular weight is 395 g/mol. The standard InChI is InChI=1S/C26H26N4/c1-3-9-20(10-4-1)19-30-17-15-22(16-18-30)27-26-24-14-8-7-13-23(24)25(28-29-26)21-11-5-2-6-12-21/h1-14,22H,15-19H2,(H,27,29). The van der Waals surface area contributed by atoms with Gasteiger partial charge in [-0.3, -0.25) is 4.90 Å². The Hall–Kier alpha value is -3.24. The van der Waals surface area contributed by atoms with Gasteiger partial charge in [0.25, 0.3) is 0 Å².